The highest BCUT2D eigenvalue weighted by Crippen LogP contribution is 2.21. The smallest absolute Gasteiger partial charge is 0.309 e. The lowest BCUT2D eigenvalue weighted by atomic mass is 11.4. The Hall–Kier alpha value is 0.300. The predicted molar refractivity (Wildman–Crippen MR) is 20.3 cm³/mol. The van der Waals surface area contributed by atoms with E-state index < -0.39 is 5.02 Å². The first-order chi connectivity index (χ1) is 2.56. The molecule has 1 nitrogen and oxygen atoms in total. The Balaban J connectivity index is 3.17. The molecular formula is C2H2BrF2O. The van der Waals surface area contributed by atoms with Gasteiger partial charge in [0.05, 0.1) is 7.11 Å². The van der Waals surface area contributed by atoms with Gasteiger partial charge in [-0.05, 0) is 0 Å². The van der Waals surface area contributed by atoms with Gasteiger partial charge in [0.2, 0.25) is 0 Å². The van der Waals surface area contributed by atoms with Crippen LogP contribution >= 0.6 is 15.9 Å². The number of hydrogen-bond donors (Lipinski definition) is 0. The summed E-state index contributed by atoms with van der Waals surface area (Å²) in [6.07, 6.45) is 0. The van der Waals surface area contributed by atoms with Gasteiger partial charge in [0.1, 0.15) is 0 Å². The molecule has 0 atom stereocenters. The van der Waals surface area contributed by atoms with Gasteiger partial charge in [-0.2, -0.15) is 8.78 Å². The third-order valence-electron chi connectivity index (χ3n) is 0.164. The van der Waals surface area contributed by atoms with E-state index in [1.165, 1.54) is 0 Å². The van der Waals surface area contributed by atoms with Crippen LogP contribution < -0.4 is 0 Å². The largest absolute Gasteiger partial charge is 0.414 e. The fourth-order valence-electron chi connectivity index (χ4n) is 0. The monoisotopic (exact) mass is 159 g/mol. The molecule has 0 saturated carbocycles. The van der Waals surface area contributed by atoms with E-state index >= 15 is 0 Å². The summed E-state index contributed by atoms with van der Waals surface area (Å²) in [4.78, 5) is 0. The molecular weight excluding hydrogens is 158 g/mol. The fraction of sp³-hybridized carbons (Fsp3) is 0.500. The molecule has 0 aromatic rings. The van der Waals surface area contributed by atoms with Gasteiger partial charge in [-0.15, -0.1) is 0 Å². The van der Waals surface area contributed by atoms with Gasteiger partial charge in [0.25, 0.3) is 0 Å². The van der Waals surface area contributed by atoms with Gasteiger partial charge in [-0.1, -0.05) is 0 Å². The zero-order valence-electron chi connectivity index (χ0n) is 2.75. The first-order valence-corrected chi connectivity index (χ1v) is 1.85. The quantitative estimate of drug-likeness (QED) is 0.530. The van der Waals surface area contributed by atoms with Crippen LogP contribution in [0.4, 0.5) is 8.78 Å². The summed E-state index contributed by atoms with van der Waals surface area (Å²) in [6.45, 7) is 0. The summed E-state index contributed by atoms with van der Waals surface area (Å²) >= 11 is 1.86. The van der Waals surface area contributed by atoms with Crippen molar-refractivity contribution in [2.75, 3.05) is 0 Å². The highest BCUT2D eigenvalue weighted by Gasteiger charge is 2.21. The van der Waals surface area contributed by atoms with Crippen LogP contribution in [0, 0.1) is 7.11 Å². The minimum atomic E-state index is -3.26. The lowest BCUT2D eigenvalue weighted by molar-refractivity contribution is -0.116. The van der Waals surface area contributed by atoms with Crippen molar-refractivity contribution in [1.82, 2.24) is 0 Å². The standard InChI is InChI=1S/C2H2BrF2O/c1-6-2(3,4)5/h1H2. The average Bonchev–Trinajstić information content (AvgIpc) is 1.35. The minimum absolute atomic E-state index is 1.86. The van der Waals surface area contributed by atoms with Crippen LogP contribution in [0.3, 0.4) is 0 Å². The van der Waals surface area contributed by atoms with Gasteiger partial charge in [0, 0.05) is 15.9 Å². The molecule has 0 aliphatic carbocycles. The third-order valence-corrected chi connectivity index (χ3v) is 0.393. The molecule has 0 bridgehead atoms. The van der Waals surface area contributed by atoms with Crippen LogP contribution in [0.25, 0.3) is 0 Å². The lowest BCUT2D eigenvalue weighted by Gasteiger charge is -2.00. The summed E-state index contributed by atoms with van der Waals surface area (Å²) in [7, 11) is 2.46. The summed E-state index contributed by atoms with van der Waals surface area (Å²) in [5, 5.41) is -3.26. The highest BCUT2D eigenvalue weighted by atomic mass is 79.9. The molecule has 0 N–H and O–H groups in total. The molecule has 0 rings (SSSR count). The highest BCUT2D eigenvalue weighted by molar-refractivity contribution is 9.09. The van der Waals surface area contributed by atoms with E-state index in [0.717, 1.165) is 0 Å². The van der Waals surface area contributed by atoms with Gasteiger partial charge >= 0.3 is 5.02 Å². The molecule has 0 aliphatic heterocycles. The lowest BCUT2D eigenvalue weighted by Crippen LogP contribution is -2.03. The molecule has 0 saturated heterocycles. The number of alkyl halides is 3. The number of ether oxygens (including phenoxy) is 1. The Morgan fingerprint density at radius 2 is 1.83 bits per heavy atom. The van der Waals surface area contributed by atoms with Crippen molar-refractivity contribution in [3.8, 4) is 0 Å². The Bertz CT molecular complexity index is 41.3. The Morgan fingerprint density at radius 3 is 1.83 bits per heavy atom. The topological polar surface area (TPSA) is 9.23 Å². The molecule has 0 amide bonds. The molecule has 0 unspecified atom stereocenters. The zero-order valence-corrected chi connectivity index (χ0v) is 4.34. The van der Waals surface area contributed by atoms with Crippen molar-refractivity contribution < 1.29 is 13.5 Å². The first-order valence-electron chi connectivity index (χ1n) is 1.06. The van der Waals surface area contributed by atoms with Gasteiger partial charge < -0.3 is 4.74 Å². The van der Waals surface area contributed by atoms with Crippen molar-refractivity contribution in [3.05, 3.63) is 7.11 Å². The summed E-state index contributed by atoms with van der Waals surface area (Å²) in [5.41, 5.74) is 0. The van der Waals surface area contributed by atoms with E-state index in [2.05, 4.69) is 11.8 Å². The molecule has 0 aromatic carbocycles. The second-order valence-corrected chi connectivity index (χ2v) is 1.51. The van der Waals surface area contributed by atoms with Crippen molar-refractivity contribution >= 4 is 15.9 Å². The summed E-state index contributed by atoms with van der Waals surface area (Å²) in [6, 6.07) is 0. The van der Waals surface area contributed by atoms with Crippen LogP contribution in [-0.4, -0.2) is 5.02 Å². The first kappa shape index (κ1) is 6.30. The van der Waals surface area contributed by atoms with Gasteiger partial charge in [-0.3, -0.25) is 0 Å². The zero-order chi connectivity index (χ0) is 5.21. The molecule has 0 spiro atoms. The molecule has 37 valence electrons. The van der Waals surface area contributed by atoms with Crippen molar-refractivity contribution in [1.29, 1.82) is 0 Å². The number of hydrogen-bond acceptors (Lipinski definition) is 1. The van der Waals surface area contributed by atoms with Crippen LogP contribution in [-0.2, 0) is 4.74 Å². The van der Waals surface area contributed by atoms with E-state index in [9.17, 15) is 8.78 Å². The maximum atomic E-state index is 11.1. The summed E-state index contributed by atoms with van der Waals surface area (Å²) < 4.78 is 25.4. The molecule has 4 heteroatoms. The van der Waals surface area contributed by atoms with Crippen LogP contribution in [0.15, 0.2) is 0 Å². The predicted octanol–water partition coefficient (Wildman–Crippen LogP) is 1.74. The van der Waals surface area contributed by atoms with E-state index in [0.29, 0.717) is 0 Å². The maximum Gasteiger partial charge on any atom is 0.414 e. The Morgan fingerprint density at radius 1 is 1.67 bits per heavy atom. The van der Waals surface area contributed by atoms with E-state index in [1.807, 2.05) is 15.9 Å². The average molecular weight is 160 g/mol. The van der Waals surface area contributed by atoms with E-state index in [-0.39, 0.29) is 0 Å². The third kappa shape index (κ3) is 4.30. The normalized spacial score (nSPS) is 12.0. The summed E-state index contributed by atoms with van der Waals surface area (Å²) in [5.74, 6) is 0. The Kier molecular flexibility index (Phi) is 1.93. The van der Waals surface area contributed by atoms with E-state index in [1.54, 1.807) is 0 Å². The van der Waals surface area contributed by atoms with Crippen LogP contribution in [0.5, 0.6) is 0 Å². The minimum Gasteiger partial charge on any atom is -0.309 e. The molecule has 0 aliphatic rings. The SMILES string of the molecule is [CH2]OC(F)(F)Br. The van der Waals surface area contributed by atoms with Crippen LogP contribution in [0.2, 0.25) is 0 Å². The van der Waals surface area contributed by atoms with Gasteiger partial charge in [0.15, 0.2) is 0 Å². The number of rotatable bonds is 1. The molecule has 1 radical (unpaired) electrons. The van der Waals surface area contributed by atoms with Gasteiger partial charge in [-0.25, -0.2) is 0 Å². The van der Waals surface area contributed by atoms with Crippen molar-refractivity contribution in [3.63, 3.8) is 0 Å². The second-order valence-electron chi connectivity index (χ2n) is 0.590. The van der Waals surface area contributed by atoms with Crippen molar-refractivity contribution in [2.24, 2.45) is 0 Å². The molecule has 0 aromatic heterocycles. The fourth-order valence-corrected chi connectivity index (χ4v) is 0. The number of halogens is 3. The molecule has 0 heterocycles. The Labute approximate surface area is 42.4 Å². The molecule has 0 fully saturated rings. The van der Waals surface area contributed by atoms with E-state index in [4.69, 9.17) is 0 Å². The van der Waals surface area contributed by atoms with Crippen molar-refractivity contribution in [2.45, 2.75) is 5.02 Å². The molecule has 6 heavy (non-hydrogen) atoms. The van der Waals surface area contributed by atoms with Crippen LogP contribution in [0.1, 0.15) is 0 Å². The second kappa shape index (κ2) is 1.84. The maximum absolute atomic E-state index is 11.1.